The Bertz CT molecular complexity index is 898. The van der Waals surface area contributed by atoms with Gasteiger partial charge < -0.3 is 15.0 Å². The standard InChI is InChI=1S/C22H23N3O2S/c1-2-27-19-11-7-17(8-12-19)23-22-24-21(26)20(28-22)15-16-5-9-18(10-6-16)25-13-3-4-14-25/h5-12,15H,2-4,13-14H2,1H3,(H,23,24,26). The van der Waals surface area contributed by atoms with Crippen molar-refractivity contribution in [3.05, 3.63) is 59.0 Å². The van der Waals surface area contributed by atoms with Gasteiger partial charge in [0.25, 0.3) is 5.91 Å². The molecule has 1 amide bonds. The molecule has 0 bridgehead atoms. The molecule has 0 radical (unpaired) electrons. The van der Waals surface area contributed by atoms with Crippen LogP contribution < -0.4 is 15.0 Å². The van der Waals surface area contributed by atoms with Crippen LogP contribution in [-0.2, 0) is 4.79 Å². The number of amidine groups is 1. The second-order valence-electron chi connectivity index (χ2n) is 6.69. The van der Waals surface area contributed by atoms with Crippen LogP contribution in [0.4, 0.5) is 11.4 Å². The zero-order chi connectivity index (χ0) is 19.3. The van der Waals surface area contributed by atoms with Crippen molar-refractivity contribution in [1.29, 1.82) is 0 Å². The number of benzene rings is 2. The van der Waals surface area contributed by atoms with Crippen LogP contribution in [0.15, 0.2) is 58.4 Å². The van der Waals surface area contributed by atoms with Gasteiger partial charge in [-0.1, -0.05) is 12.1 Å². The van der Waals surface area contributed by atoms with Crippen LogP contribution in [0.3, 0.4) is 0 Å². The molecule has 144 valence electrons. The molecule has 0 unspecified atom stereocenters. The lowest BCUT2D eigenvalue weighted by molar-refractivity contribution is -0.115. The Hall–Kier alpha value is -2.73. The van der Waals surface area contributed by atoms with Crippen molar-refractivity contribution >= 4 is 40.3 Å². The van der Waals surface area contributed by atoms with Crippen molar-refractivity contribution in [3.8, 4) is 5.75 Å². The predicted octanol–water partition coefficient (Wildman–Crippen LogP) is 4.58. The Morgan fingerprint density at radius 2 is 1.82 bits per heavy atom. The molecular formula is C22H23N3O2S. The number of nitrogens with zero attached hydrogens (tertiary/aromatic N) is 2. The van der Waals surface area contributed by atoms with Crippen LogP contribution in [0.5, 0.6) is 5.75 Å². The van der Waals surface area contributed by atoms with Gasteiger partial charge in [0.05, 0.1) is 17.2 Å². The molecular weight excluding hydrogens is 370 g/mol. The van der Waals surface area contributed by atoms with Gasteiger partial charge in [-0.15, -0.1) is 0 Å². The summed E-state index contributed by atoms with van der Waals surface area (Å²) in [5.74, 6) is 0.700. The fraction of sp³-hybridized carbons (Fsp3) is 0.273. The van der Waals surface area contributed by atoms with Gasteiger partial charge in [0.1, 0.15) is 5.75 Å². The Labute approximate surface area is 169 Å². The van der Waals surface area contributed by atoms with Crippen molar-refractivity contribution in [2.75, 3.05) is 24.6 Å². The van der Waals surface area contributed by atoms with Gasteiger partial charge in [0.2, 0.25) is 0 Å². The fourth-order valence-corrected chi connectivity index (χ4v) is 4.13. The van der Waals surface area contributed by atoms with E-state index < -0.39 is 0 Å². The first kappa shape index (κ1) is 18.6. The molecule has 2 aliphatic heterocycles. The minimum atomic E-state index is -0.113. The third kappa shape index (κ3) is 4.39. The Kier molecular flexibility index (Phi) is 5.67. The number of anilines is 1. The van der Waals surface area contributed by atoms with Gasteiger partial charge in [-0.25, -0.2) is 4.99 Å². The van der Waals surface area contributed by atoms with E-state index in [1.165, 1.54) is 30.3 Å². The molecule has 4 rings (SSSR count). The second kappa shape index (κ2) is 8.52. The molecule has 28 heavy (non-hydrogen) atoms. The fourth-order valence-electron chi connectivity index (χ4n) is 3.29. The highest BCUT2D eigenvalue weighted by atomic mass is 32.2. The molecule has 0 aromatic heterocycles. The summed E-state index contributed by atoms with van der Waals surface area (Å²) in [7, 11) is 0. The van der Waals surface area contributed by atoms with E-state index in [0.717, 1.165) is 30.1 Å². The average molecular weight is 394 g/mol. The van der Waals surface area contributed by atoms with Crippen LogP contribution in [0, 0.1) is 0 Å². The minimum Gasteiger partial charge on any atom is -0.494 e. The third-order valence-corrected chi connectivity index (χ3v) is 5.60. The molecule has 0 saturated carbocycles. The Morgan fingerprint density at radius 1 is 1.11 bits per heavy atom. The molecule has 5 nitrogen and oxygen atoms in total. The monoisotopic (exact) mass is 393 g/mol. The molecule has 1 N–H and O–H groups in total. The van der Waals surface area contributed by atoms with Gasteiger partial charge in [-0.05, 0) is 79.6 Å². The number of carbonyl (C=O) groups is 1. The topological polar surface area (TPSA) is 53.9 Å². The van der Waals surface area contributed by atoms with Crippen LogP contribution in [0.2, 0.25) is 0 Å². The van der Waals surface area contributed by atoms with Crippen LogP contribution in [-0.4, -0.2) is 30.8 Å². The van der Waals surface area contributed by atoms with Gasteiger partial charge in [-0.2, -0.15) is 0 Å². The van der Waals surface area contributed by atoms with E-state index in [0.29, 0.717) is 16.7 Å². The summed E-state index contributed by atoms with van der Waals surface area (Å²) < 4.78 is 5.44. The van der Waals surface area contributed by atoms with Gasteiger partial charge in [-0.3, -0.25) is 4.79 Å². The number of amides is 1. The van der Waals surface area contributed by atoms with Gasteiger partial charge >= 0.3 is 0 Å². The van der Waals surface area contributed by atoms with Crippen LogP contribution in [0.1, 0.15) is 25.3 Å². The number of nitrogens with one attached hydrogen (secondary N) is 1. The highest BCUT2D eigenvalue weighted by Gasteiger charge is 2.23. The van der Waals surface area contributed by atoms with Crippen molar-refractivity contribution < 1.29 is 9.53 Å². The summed E-state index contributed by atoms with van der Waals surface area (Å²) in [6, 6.07) is 15.9. The van der Waals surface area contributed by atoms with E-state index >= 15 is 0 Å². The SMILES string of the molecule is CCOc1ccc(N=C2NC(=O)C(=Cc3ccc(N4CCCC4)cc3)S2)cc1. The first-order valence-corrected chi connectivity index (χ1v) is 10.4. The van der Waals surface area contributed by atoms with E-state index in [4.69, 9.17) is 4.74 Å². The summed E-state index contributed by atoms with van der Waals surface area (Å²) in [6.07, 6.45) is 4.44. The number of rotatable bonds is 5. The quantitative estimate of drug-likeness (QED) is 0.756. The second-order valence-corrected chi connectivity index (χ2v) is 7.72. The van der Waals surface area contributed by atoms with E-state index in [9.17, 15) is 4.79 Å². The molecule has 2 aromatic carbocycles. The molecule has 0 atom stereocenters. The zero-order valence-electron chi connectivity index (χ0n) is 15.9. The van der Waals surface area contributed by atoms with Crippen molar-refractivity contribution in [2.45, 2.75) is 19.8 Å². The van der Waals surface area contributed by atoms with Gasteiger partial charge in [0, 0.05) is 18.8 Å². The number of thioether (sulfide) groups is 1. The summed E-state index contributed by atoms with van der Waals surface area (Å²) in [5, 5.41) is 3.43. The largest absolute Gasteiger partial charge is 0.494 e. The molecule has 6 heteroatoms. The Morgan fingerprint density at radius 3 is 2.50 bits per heavy atom. The number of hydrogen-bond donors (Lipinski definition) is 1. The molecule has 0 aliphatic carbocycles. The van der Waals surface area contributed by atoms with Crippen molar-refractivity contribution in [1.82, 2.24) is 5.32 Å². The summed E-state index contributed by atoms with van der Waals surface area (Å²) in [6.45, 7) is 4.84. The van der Waals surface area contributed by atoms with Crippen LogP contribution in [0.25, 0.3) is 6.08 Å². The van der Waals surface area contributed by atoms with E-state index in [-0.39, 0.29) is 5.91 Å². The summed E-state index contributed by atoms with van der Waals surface area (Å²) >= 11 is 1.36. The number of hydrogen-bond acceptors (Lipinski definition) is 5. The van der Waals surface area contributed by atoms with Crippen molar-refractivity contribution in [3.63, 3.8) is 0 Å². The number of carbonyl (C=O) groups excluding carboxylic acids is 1. The van der Waals surface area contributed by atoms with E-state index in [1.54, 1.807) is 0 Å². The maximum atomic E-state index is 12.3. The zero-order valence-corrected chi connectivity index (χ0v) is 16.7. The number of aliphatic imine (C=N–C) groups is 1. The molecule has 2 fully saturated rings. The highest BCUT2D eigenvalue weighted by Crippen LogP contribution is 2.29. The first-order valence-electron chi connectivity index (χ1n) is 9.59. The molecule has 2 saturated heterocycles. The van der Waals surface area contributed by atoms with E-state index in [2.05, 4.69) is 39.5 Å². The lowest BCUT2D eigenvalue weighted by Gasteiger charge is -2.17. The Balaban J connectivity index is 1.45. The molecule has 0 spiro atoms. The molecule has 2 aliphatic rings. The number of ether oxygens (including phenoxy) is 1. The minimum absolute atomic E-state index is 0.113. The highest BCUT2D eigenvalue weighted by molar-refractivity contribution is 8.18. The average Bonchev–Trinajstić information content (AvgIpc) is 3.35. The summed E-state index contributed by atoms with van der Waals surface area (Å²) in [5.41, 5.74) is 3.05. The van der Waals surface area contributed by atoms with Crippen molar-refractivity contribution in [2.24, 2.45) is 4.99 Å². The predicted molar refractivity (Wildman–Crippen MR) is 116 cm³/mol. The van der Waals surface area contributed by atoms with E-state index in [1.807, 2.05) is 37.3 Å². The maximum absolute atomic E-state index is 12.3. The lowest BCUT2D eigenvalue weighted by atomic mass is 10.2. The maximum Gasteiger partial charge on any atom is 0.264 e. The summed E-state index contributed by atoms with van der Waals surface area (Å²) in [4.78, 5) is 19.8. The first-order chi connectivity index (χ1) is 13.7. The smallest absolute Gasteiger partial charge is 0.264 e. The van der Waals surface area contributed by atoms with Gasteiger partial charge in [0.15, 0.2) is 5.17 Å². The third-order valence-electron chi connectivity index (χ3n) is 4.69. The normalized spacial score (nSPS) is 19.5. The lowest BCUT2D eigenvalue weighted by Crippen LogP contribution is -2.19. The van der Waals surface area contributed by atoms with Crippen LogP contribution >= 0.6 is 11.8 Å². The molecule has 2 heterocycles. The molecule has 2 aromatic rings.